The second-order valence-corrected chi connectivity index (χ2v) is 12.1. The second kappa shape index (κ2) is 7.20. The molecule has 1 heterocycles. The molecule has 8 atom stereocenters. The first-order valence-electron chi connectivity index (χ1n) is 12.5. The molecule has 4 heteroatoms. The SMILES string of the molecule is C[C@@]1(O)CC[C@@]2(C)[C@@H](CC[C@@H]3[C@@H]2CC[C@]2(C)[C@@H](C(=O)Cn4cccc4C#N)CC[C@@H]32)C1. The van der Waals surface area contributed by atoms with Gasteiger partial charge in [-0.3, -0.25) is 4.79 Å². The first-order chi connectivity index (χ1) is 14.7. The van der Waals surface area contributed by atoms with Gasteiger partial charge in [0.2, 0.25) is 0 Å². The highest BCUT2D eigenvalue weighted by Gasteiger charge is 2.61. The summed E-state index contributed by atoms with van der Waals surface area (Å²) in [4.78, 5) is 13.4. The maximum atomic E-state index is 13.4. The van der Waals surface area contributed by atoms with Gasteiger partial charge in [-0.2, -0.15) is 5.26 Å². The van der Waals surface area contributed by atoms with E-state index in [1.54, 1.807) is 6.07 Å². The molecule has 31 heavy (non-hydrogen) atoms. The van der Waals surface area contributed by atoms with Gasteiger partial charge in [-0.1, -0.05) is 13.8 Å². The van der Waals surface area contributed by atoms with E-state index in [0.717, 1.165) is 43.9 Å². The van der Waals surface area contributed by atoms with Gasteiger partial charge in [0, 0.05) is 12.1 Å². The summed E-state index contributed by atoms with van der Waals surface area (Å²) in [5.74, 6) is 3.25. The van der Waals surface area contributed by atoms with Crippen LogP contribution >= 0.6 is 0 Å². The summed E-state index contributed by atoms with van der Waals surface area (Å²) in [6.07, 6.45) is 12.0. The third-order valence-corrected chi connectivity index (χ3v) is 10.6. The normalized spacial score (nSPS) is 46.5. The summed E-state index contributed by atoms with van der Waals surface area (Å²) in [6.45, 7) is 7.31. The van der Waals surface area contributed by atoms with Crippen LogP contribution < -0.4 is 0 Å². The molecule has 4 aliphatic rings. The van der Waals surface area contributed by atoms with E-state index in [-0.39, 0.29) is 11.3 Å². The molecule has 168 valence electrons. The van der Waals surface area contributed by atoms with E-state index >= 15 is 0 Å². The van der Waals surface area contributed by atoms with Crippen molar-refractivity contribution >= 4 is 5.78 Å². The van der Waals surface area contributed by atoms with Crippen molar-refractivity contribution in [3.05, 3.63) is 24.0 Å². The summed E-state index contributed by atoms with van der Waals surface area (Å²) >= 11 is 0. The maximum absolute atomic E-state index is 13.4. The largest absolute Gasteiger partial charge is 0.390 e. The molecule has 5 rings (SSSR count). The van der Waals surface area contributed by atoms with Crippen LogP contribution in [0.15, 0.2) is 18.3 Å². The zero-order valence-corrected chi connectivity index (χ0v) is 19.4. The molecule has 4 nitrogen and oxygen atoms in total. The number of aliphatic hydroxyl groups is 1. The Morgan fingerprint density at radius 2 is 1.87 bits per heavy atom. The van der Waals surface area contributed by atoms with Gasteiger partial charge in [0.25, 0.3) is 0 Å². The monoisotopic (exact) mass is 422 g/mol. The molecule has 0 amide bonds. The lowest BCUT2D eigenvalue weighted by Gasteiger charge is -2.61. The molecule has 0 saturated heterocycles. The standard InChI is InChI=1S/C27H38N2O2/c1-25(31)12-13-26(2)18(15-25)6-7-20-21-8-9-23(27(21,3)11-10-22(20)26)24(30)17-29-14-4-5-19(29)16-28/h4-5,14,18,20-23,31H,6-13,15,17H2,1-3H3/t18-,20-,21-,22-,23+,25+,26-,27-/m0/s1. The number of carbonyl (C=O) groups is 1. The zero-order chi connectivity index (χ0) is 22.0. The molecule has 4 fully saturated rings. The molecular weight excluding hydrogens is 384 g/mol. The molecule has 4 aliphatic carbocycles. The van der Waals surface area contributed by atoms with Gasteiger partial charge in [0.15, 0.2) is 5.78 Å². The van der Waals surface area contributed by atoms with Crippen molar-refractivity contribution < 1.29 is 9.90 Å². The predicted molar refractivity (Wildman–Crippen MR) is 120 cm³/mol. The van der Waals surface area contributed by atoms with Crippen LogP contribution in [0, 0.1) is 51.8 Å². The minimum Gasteiger partial charge on any atom is -0.390 e. The van der Waals surface area contributed by atoms with Gasteiger partial charge in [-0.25, -0.2) is 0 Å². The molecule has 0 bridgehead atoms. The molecular formula is C27H38N2O2. The van der Waals surface area contributed by atoms with Crippen molar-refractivity contribution in [3.63, 3.8) is 0 Å². The van der Waals surface area contributed by atoms with Crippen LogP contribution in [0.5, 0.6) is 0 Å². The van der Waals surface area contributed by atoms with E-state index in [0.29, 0.717) is 35.3 Å². The Morgan fingerprint density at radius 3 is 2.65 bits per heavy atom. The molecule has 1 aromatic heterocycles. The van der Waals surface area contributed by atoms with E-state index < -0.39 is 5.60 Å². The minimum absolute atomic E-state index is 0.113. The van der Waals surface area contributed by atoms with Crippen molar-refractivity contribution in [2.75, 3.05) is 0 Å². The van der Waals surface area contributed by atoms with Gasteiger partial charge >= 0.3 is 0 Å². The van der Waals surface area contributed by atoms with Gasteiger partial charge in [-0.05, 0) is 111 Å². The van der Waals surface area contributed by atoms with Crippen LogP contribution in [0.3, 0.4) is 0 Å². The number of carbonyl (C=O) groups excluding carboxylic acids is 1. The molecule has 4 saturated carbocycles. The molecule has 0 unspecified atom stereocenters. The molecule has 0 aliphatic heterocycles. The van der Waals surface area contributed by atoms with E-state index in [9.17, 15) is 15.2 Å². The van der Waals surface area contributed by atoms with E-state index in [1.807, 2.05) is 23.8 Å². The number of aromatic nitrogens is 1. The van der Waals surface area contributed by atoms with Crippen molar-refractivity contribution in [2.24, 2.45) is 40.4 Å². The van der Waals surface area contributed by atoms with Crippen LogP contribution in [0.1, 0.15) is 84.3 Å². The summed E-state index contributed by atoms with van der Waals surface area (Å²) in [5.41, 5.74) is 0.575. The van der Waals surface area contributed by atoms with Crippen molar-refractivity contribution in [3.8, 4) is 6.07 Å². The van der Waals surface area contributed by atoms with E-state index in [4.69, 9.17) is 0 Å². The summed E-state index contributed by atoms with van der Waals surface area (Å²) in [5, 5.41) is 20.0. The van der Waals surface area contributed by atoms with Gasteiger partial charge in [0.05, 0.1) is 12.1 Å². The highest BCUT2D eigenvalue weighted by molar-refractivity contribution is 5.82. The Morgan fingerprint density at radius 1 is 1.10 bits per heavy atom. The van der Waals surface area contributed by atoms with Crippen LogP contribution in [0.25, 0.3) is 0 Å². The third kappa shape index (κ3) is 3.22. The van der Waals surface area contributed by atoms with Gasteiger partial charge < -0.3 is 9.67 Å². The quantitative estimate of drug-likeness (QED) is 0.715. The highest BCUT2D eigenvalue weighted by Crippen LogP contribution is 2.68. The Labute approximate surface area is 187 Å². The fourth-order valence-corrected chi connectivity index (χ4v) is 8.89. The number of nitriles is 1. The Hall–Kier alpha value is -1.60. The Bertz CT molecular complexity index is 911. The number of nitrogens with zero attached hydrogens (tertiary/aromatic N) is 2. The van der Waals surface area contributed by atoms with Crippen molar-refractivity contribution in [1.82, 2.24) is 4.57 Å². The lowest BCUT2D eigenvalue weighted by molar-refractivity contribution is -0.151. The first kappa shape index (κ1) is 21.3. The lowest BCUT2D eigenvalue weighted by atomic mass is 9.44. The molecule has 1 aromatic rings. The molecule has 0 spiro atoms. The Balaban J connectivity index is 1.35. The van der Waals surface area contributed by atoms with E-state index in [1.165, 1.54) is 25.7 Å². The zero-order valence-electron chi connectivity index (χ0n) is 19.4. The average molecular weight is 423 g/mol. The minimum atomic E-state index is -0.480. The number of rotatable bonds is 3. The topological polar surface area (TPSA) is 66.0 Å². The number of hydrogen-bond donors (Lipinski definition) is 1. The van der Waals surface area contributed by atoms with Crippen molar-refractivity contribution in [2.45, 2.75) is 90.7 Å². The predicted octanol–water partition coefficient (Wildman–Crippen LogP) is 5.34. The average Bonchev–Trinajstić information content (AvgIpc) is 3.31. The highest BCUT2D eigenvalue weighted by atomic mass is 16.3. The van der Waals surface area contributed by atoms with Crippen LogP contribution in [-0.2, 0) is 11.3 Å². The van der Waals surface area contributed by atoms with Crippen LogP contribution in [0.2, 0.25) is 0 Å². The fourth-order valence-electron chi connectivity index (χ4n) is 8.89. The summed E-state index contributed by atoms with van der Waals surface area (Å²) in [7, 11) is 0. The molecule has 0 radical (unpaired) electrons. The number of Topliss-reactive ketones (excluding diaryl/α,β-unsaturated/α-hetero) is 1. The number of hydrogen-bond acceptors (Lipinski definition) is 3. The fraction of sp³-hybridized carbons (Fsp3) is 0.778. The first-order valence-corrected chi connectivity index (χ1v) is 12.5. The second-order valence-electron chi connectivity index (χ2n) is 12.1. The Kier molecular flexibility index (Phi) is 4.94. The van der Waals surface area contributed by atoms with Crippen molar-refractivity contribution in [1.29, 1.82) is 5.26 Å². The molecule has 0 aromatic carbocycles. The third-order valence-electron chi connectivity index (χ3n) is 10.6. The summed E-state index contributed by atoms with van der Waals surface area (Å²) in [6, 6.07) is 5.85. The number of ketones is 1. The summed E-state index contributed by atoms with van der Waals surface area (Å²) < 4.78 is 1.82. The van der Waals surface area contributed by atoms with E-state index in [2.05, 4.69) is 19.9 Å². The lowest BCUT2D eigenvalue weighted by Crippen LogP contribution is -2.55. The smallest absolute Gasteiger partial charge is 0.156 e. The van der Waals surface area contributed by atoms with Gasteiger partial charge in [-0.15, -0.1) is 0 Å². The number of fused-ring (bicyclic) bond motifs is 5. The van der Waals surface area contributed by atoms with Crippen LogP contribution in [0.4, 0.5) is 0 Å². The maximum Gasteiger partial charge on any atom is 0.156 e. The molecule has 1 N–H and O–H groups in total. The van der Waals surface area contributed by atoms with Gasteiger partial charge in [0.1, 0.15) is 11.8 Å². The van der Waals surface area contributed by atoms with Crippen LogP contribution in [-0.4, -0.2) is 21.1 Å².